The van der Waals surface area contributed by atoms with Crippen LogP contribution in [0.5, 0.6) is 0 Å². The zero-order chi connectivity index (χ0) is 20.5. The number of hydrogen-bond acceptors (Lipinski definition) is 4. The Hall–Kier alpha value is -0.940. The molecule has 2 heterocycles. The molecule has 0 bridgehead atoms. The highest BCUT2D eigenvalue weighted by Gasteiger charge is 2.33. The summed E-state index contributed by atoms with van der Waals surface area (Å²) in [6.45, 7) is 16.8. The first-order chi connectivity index (χ1) is 13.6. The van der Waals surface area contributed by atoms with Gasteiger partial charge in [-0.25, -0.2) is 0 Å². The van der Waals surface area contributed by atoms with E-state index in [4.69, 9.17) is 0 Å². The number of ketones is 1. The van der Waals surface area contributed by atoms with Crippen molar-refractivity contribution < 1.29 is 9.59 Å². The summed E-state index contributed by atoms with van der Waals surface area (Å²) < 4.78 is 0. The van der Waals surface area contributed by atoms with Gasteiger partial charge in [0.25, 0.3) is 0 Å². The van der Waals surface area contributed by atoms with E-state index in [0.29, 0.717) is 17.6 Å². The van der Waals surface area contributed by atoms with Crippen molar-refractivity contribution in [2.24, 2.45) is 17.8 Å². The van der Waals surface area contributed by atoms with Gasteiger partial charge in [-0.1, -0.05) is 20.8 Å². The normalized spacial score (nSPS) is 29.7. The van der Waals surface area contributed by atoms with Crippen LogP contribution in [0, 0.1) is 17.8 Å². The highest BCUT2D eigenvalue weighted by molar-refractivity contribution is 5.81. The molecule has 1 atom stereocenters. The quantitative estimate of drug-likeness (QED) is 0.719. The Morgan fingerprint density at radius 2 is 1.39 bits per heavy atom. The maximum Gasteiger partial charge on any atom is 0.225 e. The molecule has 0 aromatic heterocycles. The molecule has 162 valence electrons. The van der Waals surface area contributed by atoms with Gasteiger partial charge in [0.15, 0.2) is 0 Å². The lowest BCUT2D eigenvalue weighted by Gasteiger charge is -2.40. The summed E-state index contributed by atoms with van der Waals surface area (Å²) in [4.78, 5) is 31.8. The number of rotatable bonds is 5. The monoisotopic (exact) mass is 393 g/mol. The molecule has 1 aliphatic carbocycles. The van der Waals surface area contributed by atoms with Gasteiger partial charge in [-0.2, -0.15) is 0 Å². The predicted octanol–water partition coefficient (Wildman–Crippen LogP) is 3.28. The van der Waals surface area contributed by atoms with Gasteiger partial charge in [0, 0.05) is 57.6 Å². The van der Waals surface area contributed by atoms with E-state index in [-0.39, 0.29) is 11.8 Å². The van der Waals surface area contributed by atoms with Crippen LogP contribution in [0.25, 0.3) is 0 Å². The molecule has 0 spiro atoms. The second-order valence-electron chi connectivity index (χ2n) is 8.69. The van der Waals surface area contributed by atoms with Crippen LogP contribution in [0.15, 0.2) is 0 Å². The summed E-state index contributed by atoms with van der Waals surface area (Å²) in [7, 11) is 0. The van der Waals surface area contributed by atoms with E-state index in [1.165, 1.54) is 32.6 Å². The third-order valence-electron chi connectivity index (χ3n) is 6.91. The SMILES string of the molecule is CC.CCN1CCN(CC2CCCN(C(=O)C3CCC(C(C)=O)CC3)C2)CC1. The molecule has 2 aliphatic heterocycles. The smallest absolute Gasteiger partial charge is 0.225 e. The van der Waals surface area contributed by atoms with E-state index in [9.17, 15) is 9.59 Å². The maximum atomic E-state index is 13.0. The van der Waals surface area contributed by atoms with E-state index in [0.717, 1.165) is 58.3 Å². The zero-order valence-electron chi connectivity index (χ0n) is 18.8. The molecule has 5 nitrogen and oxygen atoms in total. The Morgan fingerprint density at radius 3 is 1.96 bits per heavy atom. The first kappa shape index (κ1) is 23.3. The third-order valence-corrected chi connectivity index (χ3v) is 6.91. The van der Waals surface area contributed by atoms with Gasteiger partial charge in [-0.3, -0.25) is 9.59 Å². The van der Waals surface area contributed by atoms with Crippen LogP contribution < -0.4 is 0 Å². The molecule has 0 radical (unpaired) electrons. The highest BCUT2D eigenvalue weighted by Crippen LogP contribution is 2.31. The van der Waals surface area contributed by atoms with Crippen molar-refractivity contribution in [3.8, 4) is 0 Å². The summed E-state index contributed by atoms with van der Waals surface area (Å²) in [6.07, 6.45) is 6.03. The van der Waals surface area contributed by atoms with Crippen molar-refractivity contribution in [2.75, 3.05) is 52.4 Å². The Balaban J connectivity index is 0.00000136. The number of carbonyl (C=O) groups is 2. The van der Waals surface area contributed by atoms with Crippen molar-refractivity contribution in [1.82, 2.24) is 14.7 Å². The van der Waals surface area contributed by atoms with Crippen LogP contribution >= 0.6 is 0 Å². The van der Waals surface area contributed by atoms with E-state index in [2.05, 4.69) is 21.6 Å². The molecule has 1 amide bonds. The van der Waals surface area contributed by atoms with Gasteiger partial charge >= 0.3 is 0 Å². The standard InChI is InChI=1S/C21H37N3O2.C2H6/c1-3-22-11-13-23(14-12-22)15-18-5-4-10-24(16-18)21(26)20-8-6-19(7-9-20)17(2)25;1-2/h18-20H,3-16H2,1-2H3;1-2H3. The molecule has 28 heavy (non-hydrogen) atoms. The number of nitrogens with zero attached hydrogens (tertiary/aromatic N) is 3. The number of piperazine rings is 1. The predicted molar refractivity (Wildman–Crippen MR) is 115 cm³/mol. The van der Waals surface area contributed by atoms with Crippen molar-refractivity contribution in [3.05, 3.63) is 0 Å². The fraction of sp³-hybridized carbons (Fsp3) is 0.913. The summed E-state index contributed by atoms with van der Waals surface area (Å²) in [5.74, 6) is 1.67. The summed E-state index contributed by atoms with van der Waals surface area (Å²) in [6, 6.07) is 0. The number of hydrogen-bond donors (Lipinski definition) is 0. The lowest BCUT2D eigenvalue weighted by Crippen LogP contribution is -2.50. The number of carbonyl (C=O) groups excluding carboxylic acids is 2. The van der Waals surface area contributed by atoms with Crippen molar-refractivity contribution in [3.63, 3.8) is 0 Å². The number of amides is 1. The fourth-order valence-corrected chi connectivity index (χ4v) is 5.07. The summed E-state index contributed by atoms with van der Waals surface area (Å²) >= 11 is 0. The van der Waals surface area contributed by atoms with Gasteiger partial charge in [0.1, 0.15) is 5.78 Å². The van der Waals surface area contributed by atoms with Crippen LogP contribution in [-0.4, -0.2) is 78.7 Å². The molecule has 2 saturated heterocycles. The van der Waals surface area contributed by atoms with Gasteiger partial charge in [-0.15, -0.1) is 0 Å². The van der Waals surface area contributed by atoms with Crippen LogP contribution in [0.4, 0.5) is 0 Å². The molecule has 1 unspecified atom stereocenters. The van der Waals surface area contributed by atoms with Crippen molar-refractivity contribution in [2.45, 2.75) is 66.2 Å². The maximum absolute atomic E-state index is 13.0. The molecule has 5 heteroatoms. The van der Waals surface area contributed by atoms with Crippen LogP contribution in [0.1, 0.15) is 66.2 Å². The number of piperidine rings is 1. The molecule has 0 aromatic rings. The summed E-state index contributed by atoms with van der Waals surface area (Å²) in [5, 5.41) is 0. The second kappa shape index (κ2) is 11.9. The first-order valence-electron chi connectivity index (χ1n) is 11.8. The van der Waals surface area contributed by atoms with Gasteiger partial charge in [-0.05, 0) is 57.9 Å². The Bertz CT molecular complexity index is 480. The minimum atomic E-state index is 0.164. The van der Waals surface area contributed by atoms with Crippen molar-refractivity contribution >= 4 is 11.7 Å². The minimum Gasteiger partial charge on any atom is -0.342 e. The lowest BCUT2D eigenvalue weighted by molar-refractivity contribution is -0.139. The summed E-state index contributed by atoms with van der Waals surface area (Å²) in [5.41, 5.74) is 0. The lowest BCUT2D eigenvalue weighted by atomic mass is 9.79. The molecule has 3 aliphatic rings. The van der Waals surface area contributed by atoms with Gasteiger partial charge < -0.3 is 14.7 Å². The Morgan fingerprint density at radius 1 is 0.821 bits per heavy atom. The molecule has 0 aromatic carbocycles. The molecular formula is C23H43N3O2. The second-order valence-corrected chi connectivity index (χ2v) is 8.69. The van der Waals surface area contributed by atoms with E-state index < -0.39 is 0 Å². The molecular weight excluding hydrogens is 350 g/mol. The van der Waals surface area contributed by atoms with Gasteiger partial charge in [0.05, 0.1) is 0 Å². The zero-order valence-corrected chi connectivity index (χ0v) is 18.8. The van der Waals surface area contributed by atoms with E-state index in [1.54, 1.807) is 6.92 Å². The van der Waals surface area contributed by atoms with Crippen LogP contribution in [0.3, 0.4) is 0 Å². The average Bonchev–Trinajstić information content (AvgIpc) is 2.75. The molecule has 1 saturated carbocycles. The third kappa shape index (κ3) is 6.55. The van der Waals surface area contributed by atoms with Crippen LogP contribution in [0.2, 0.25) is 0 Å². The Labute approximate surface area is 172 Å². The molecule has 0 N–H and O–H groups in total. The largest absolute Gasteiger partial charge is 0.342 e. The Kier molecular flexibility index (Phi) is 9.93. The highest BCUT2D eigenvalue weighted by atomic mass is 16.2. The van der Waals surface area contributed by atoms with Gasteiger partial charge in [0.2, 0.25) is 5.91 Å². The fourth-order valence-electron chi connectivity index (χ4n) is 5.07. The van der Waals surface area contributed by atoms with Crippen LogP contribution in [-0.2, 0) is 9.59 Å². The number of Topliss-reactive ketones (excluding diaryl/α,β-unsaturated/α-hetero) is 1. The number of likely N-dealkylation sites (tertiary alicyclic amines) is 1. The van der Waals surface area contributed by atoms with E-state index in [1.807, 2.05) is 13.8 Å². The minimum absolute atomic E-state index is 0.164. The molecule has 3 fully saturated rings. The topological polar surface area (TPSA) is 43.9 Å². The van der Waals surface area contributed by atoms with Crippen molar-refractivity contribution in [1.29, 1.82) is 0 Å². The van der Waals surface area contributed by atoms with E-state index >= 15 is 0 Å². The molecule has 3 rings (SSSR count). The number of likely N-dealkylation sites (N-methyl/N-ethyl adjacent to an activating group) is 1. The first-order valence-corrected chi connectivity index (χ1v) is 11.8. The average molecular weight is 394 g/mol.